The molecule has 2 N–H and O–H groups in total. The molecule has 0 aliphatic heterocycles. The topological polar surface area (TPSA) is 38.9 Å². The van der Waals surface area contributed by atoms with Crippen LogP contribution < -0.4 is 5.73 Å². The summed E-state index contributed by atoms with van der Waals surface area (Å²) >= 11 is 5.73. The Kier molecular flexibility index (Phi) is 4.63. The summed E-state index contributed by atoms with van der Waals surface area (Å²) in [6.45, 7) is 3.67. The minimum Gasteiger partial charge on any atom is -0.323 e. The number of unbranched alkanes of at least 4 members (excludes halogenated alkanes) is 1. The van der Waals surface area contributed by atoms with E-state index in [1.807, 2.05) is 18.2 Å². The van der Waals surface area contributed by atoms with Crippen LogP contribution in [0.3, 0.4) is 0 Å². The molecular formula is C11H15ClN2. The average molecular weight is 211 g/mol. The fourth-order valence-corrected chi connectivity index (χ4v) is 1.35. The molecule has 1 atom stereocenters. The summed E-state index contributed by atoms with van der Waals surface area (Å²) in [7, 11) is 0. The minimum atomic E-state index is 0.00668. The predicted octanol–water partition coefficient (Wildman–Crippen LogP) is 3.09. The molecule has 0 spiro atoms. The maximum absolute atomic E-state index is 5.95. The van der Waals surface area contributed by atoms with E-state index in [9.17, 15) is 0 Å². The van der Waals surface area contributed by atoms with Crippen molar-refractivity contribution in [2.75, 3.05) is 0 Å². The van der Waals surface area contributed by atoms with Crippen molar-refractivity contribution >= 4 is 11.6 Å². The van der Waals surface area contributed by atoms with Crippen molar-refractivity contribution in [1.29, 1.82) is 0 Å². The largest absolute Gasteiger partial charge is 0.323 e. The maximum atomic E-state index is 5.95. The van der Waals surface area contributed by atoms with Crippen LogP contribution in [-0.4, -0.2) is 4.98 Å². The molecule has 0 saturated carbocycles. The van der Waals surface area contributed by atoms with Crippen LogP contribution in [0.5, 0.6) is 0 Å². The summed E-state index contributed by atoms with van der Waals surface area (Å²) in [5.74, 6) is 0. The van der Waals surface area contributed by atoms with Gasteiger partial charge in [0.15, 0.2) is 0 Å². The zero-order valence-electron chi connectivity index (χ0n) is 8.12. The Labute approximate surface area is 89.8 Å². The molecule has 76 valence electrons. The molecule has 0 radical (unpaired) electrons. The quantitative estimate of drug-likeness (QED) is 0.599. The van der Waals surface area contributed by atoms with E-state index in [0.29, 0.717) is 5.02 Å². The summed E-state index contributed by atoms with van der Waals surface area (Å²) < 4.78 is 0. The van der Waals surface area contributed by atoms with Gasteiger partial charge in [-0.1, -0.05) is 17.7 Å². The monoisotopic (exact) mass is 210 g/mol. The molecule has 0 fully saturated rings. The van der Waals surface area contributed by atoms with Crippen LogP contribution >= 0.6 is 11.6 Å². The molecular weight excluding hydrogens is 196 g/mol. The lowest BCUT2D eigenvalue weighted by Gasteiger charge is -2.09. The van der Waals surface area contributed by atoms with E-state index in [2.05, 4.69) is 11.6 Å². The van der Waals surface area contributed by atoms with Crippen LogP contribution in [-0.2, 0) is 0 Å². The second-order valence-corrected chi connectivity index (χ2v) is 3.66. The van der Waals surface area contributed by atoms with Crippen molar-refractivity contribution in [3.8, 4) is 0 Å². The number of allylic oxidation sites excluding steroid dienone is 1. The Hall–Kier alpha value is -0.860. The van der Waals surface area contributed by atoms with E-state index < -0.39 is 0 Å². The van der Waals surface area contributed by atoms with Gasteiger partial charge in [-0.05, 0) is 31.4 Å². The third kappa shape index (κ3) is 3.48. The van der Waals surface area contributed by atoms with Crippen LogP contribution in [0.1, 0.15) is 31.0 Å². The minimum absolute atomic E-state index is 0.00668. The van der Waals surface area contributed by atoms with Gasteiger partial charge in [-0.2, -0.15) is 0 Å². The normalized spacial score (nSPS) is 12.4. The van der Waals surface area contributed by atoms with Crippen molar-refractivity contribution in [3.05, 3.63) is 41.7 Å². The van der Waals surface area contributed by atoms with Crippen molar-refractivity contribution in [3.63, 3.8) is 0 Å². The van der Waals surface area contributed by atoms with Gasteiger partial charge in [-0.25, -0.2) is 0 Å². The highest BCUT2D eigenvalue weighted by molar-refractivity contribution is 6.30. The van der Waals surface area contributed by atoms with Crippen LogP contribution in [0.15, 0.2) is 31.0 Å². The molecule has 0 aliphatic carbocycles. The van der Waals surface area contributed by atoms with E-state index in [1.165, 1.54) is 0 Å². The molecule has 1 unspecified atom stereocenters. The van der Waals surface area contributed by atoms with E-state index >= 15 is 0 Å². The fourth-order valence-electron chi connectivity index (χ4n) is 1.24. The molecule has 1 heterocycles. The lowest BCUT2D eigenvalue weighted by atomic mass is 10.1. The van der Waals surface area contributed by atoms with Crippen LogP contribution in [0.2, 0.25) is 5.02 Å². The molecule has 2 nitrogen and oxygen atoms in total. The third-order valence-electron chi connectivity index (χ3n) is 2.05. The van der Waals surface area contributed by atoms with Crippen LogP contribution in [0, 0.1) is 0 Å². The summed E-state index contributed by atoms with van der Waals surface area (Å²) in [5.41, 5.74) is 6.85. The van der Waals surface area contributed by atoms with Gasteiger partial charge in [-0.15, -0.1) is 6.58 Å². The van der Waals surface area contributed by atoms with E-state index in [4.69, 9.17) is 17.3 Å². The maximum Gasteiger partial charge on any atom is 0.0589 e. The second-order valence-electron chi connectivity index (χ2n) is 3.23. The summed E-state index contributed by atoms with van der Waals surface area (Å²) in [5, 5.41) is 0.645. The number of aromatic nitrogens is 1. The molecule has 0 aliphatic rings. The Morgan fingerprint density at radius 3 is 2.93 bits per heavy atom. The fraction of sp³-hybridized carbons (Fsp3) is 0.364. The van der Waals surface area contributed by atoms with Gasteiger partial charge in [-0.3, -0.25) is 4.98 Å². The highest BCUT2D eigenvalue weighted by Gasteiger charge is 2.05. The van der Waals surface area contributed by atoms with Gasteiger partial charge in [0, 0.05) is 12.2 Å². The number of hydrogen-bond donors (Lipinski definition) is 1. The molecule has 3 heteroatoms. The predicted molar refractivity (Wildman–Crippen MR) is 60.2 cm³/mol. The van der Waals surface area contributed by atoms with Crippen molar-refractivity contribution in [1.82, 2.24) is 4.98 Å². The second kappa shape index (κ2) is 5.78. The van der Waals surface area contributed by atoms with Gasteiger partial charge in [0.25, 0.3) is 0 Å². The van der Waals surface area contributed by atoms with Crippen molar-refractivity contribution in [2.45, 2.75) is 25.3 Å². The molecule has 0 amide bonds. The van der Waals surface area contributed by atoms with Crippen LogP contribution in [0.4, 0.5) is 0 Å². The Morgan fingerprint density at radius 2 is 2.36 bits per heavy atom. The Bertz CT molecular complexity index is 282. The number of hydrogen-bond acceptors (Lipinski definition) is 2. The van der Waals surface area contributed by atoms with Gasteiger partial charge in [0.05, 0.1) is 10.7 Å². The molecule has 1 rings (SSSR count). The van der Waals surface area contributed by atoms with Gasteiger partial charge < -0.3 is 5.73 Å². The number of nitrogens with zero attached hydrogens (tertiary/aromatic N) is 1. The third-order valence-corrected chi connectivity index (χ3v) is 2.28. The molecule has 0 saturated heterocycles. The zero-order chi connectivity index (χ0) is 10.4. The standard InChI is InChI=1S/C11H15ClN2/c1-2-3-4-5-10(13)11-7-6-9(12)8-14-11/h2,6-8,10H,1,3-5,13H2. The molecule has 1 aromatic rings. The van der Waals surface area contributed by atoms with Gasteiger partial charge in [0.1, 0.15) is 0 Å². The van der Waals surface area contributed by atoms with Gasteiger partial charge in [0.2, 0.25) is 0 Å². The SMILES string of the molecule is C=CCCCC(N)c1ccc(Cl)cn1. The first-order chi connectivity index (χ1) is 6.74. The lowest BCUT2D eigenvalue weighted by molar-refractivity contribution is 0.603. The molecule has 0 bridgehead atoms. The summed E-state index contributed by atoms with van der Waals surface area (Å²) in [4.78, 5) is 4.17. The number of halogens is 1. The Morgan fingerprint density at radius 1 is 1.57 bits per heavy atom. The van der Waals surface area contributed by atoms with Crippen molar-refractivity contribution < 1.29 is 0 Å². The summed E-state index contributed by atoms with van der Waals surface area (Å²) in [6, 6.07) is 3.70. The average Bonchev–Trinajstić information content (AvgIpc) is 2.19. The molecule has 1 aromatic heterocycles. The first-order valence-corrected chi connectivity index (χ1v) is 5.09. The highest BCUT2D eigenvalue weighted by atomic mass is 35.5. The van der Waals surface area contributed by atoms with Crippen LogP contribution in [0.25, 0.3) is 0 Å². The zero-order valence-corrected chi connectivity index (χ0v) is 8.87. The molecule has 0 aromatic carbocycles. The van der Waals surface area contributed by atoms with E-state index in [0.717, 1.165) is 25.0 Å². The molecule has 14 heavy (non-hydrogen) atoms. The Balaban J connectivity index is 2.47. The number of rotatable bonds is 5. The number of nitrogens with two attached hydrogens (primary N) is 1. The first kappa shape index (κ1) is 11.2. The smallest absolute Gasteiger partial charge is 0.0589 e. The van der Waals surface area contributed by atoms with E-state index in [-0.39, 0.29) is 6.04 Å². The first-order valence-electron chi connectivity index (χ1n) is 4.72. The number of pyridine rings is 1. The van der Waals surface area contributed by atoms with Gasteiger partial charge >= 0.3 is 0 Å². The summed E-state index contributed by atoms with van der Waals surface area (Å²) in [6.07, 6.45) is 6.52. The highest BCUT2D eigenvalue weighted by Crippen LogP contribution is 2.16. The van der Waals surface area contributed by atoms with E-state index in [1.54, 1.807) is 6.20 Å². The van der Waals surface area contributed by atoms with Crippen molar-refractivity contribution in [2.24, 2.45) is 5.73 Å². The lowest BCUT2D eigenvalue weighted by Crippen LogP contribution is -2.11.